The van der Waals surface area contributed by atoms with Crippen molar-refractivity contribution in [3.05, 3.63) is 48.0 Å². The number of aliphatic carboxylic acids is 1. The van der Waals surface area contributed by atoms with Gasteiger partial charge in [-0.1, -0.05) is 12.1 Å². The average molecular weight is 519 g/mol. The molecule has 2 aromatic rings. The number of H-pyrrole nitrogens is 1. The summed E-state index contributed by atoms with van der Waals surface area (Å²) in [7, 11) is 0. The topological polar surface area (TPSA) is 191 Å². The zero-order valence-corrected chi connectivity index (χ0v) is 20.4. The number of imidazole rings is 1. The van der Waals surface area contributed by atoms with Gasteiger partial charge in [-0.15, -0.1) is 0 Å². The maximum Gasteiger partial charge on any atom is 0.326 e. The fourth-order valence-electron chi connectivity index (χ4n) is 4.01. The standard InChI is InChI=1S/C23H30N6O6S/c24-16(11-36)20(31)27-17(8-13-3-5-15(30)6-4-13)21(32)28-18(9-14-10-25-12-26-14)22(33)29-7-1-2-19(29)23(34)35/h3-6,10,12,16-19,30,36H,1-2,7-9,11,24H2,(H,25,26)(H,27,31)(H,28,32)(H,34,35). The number of carboxylic acids is 1. The normalized spacial score (nSPS) is 17.7. The van der Waals surface area contributed by atoms with Gasteiger partial charge in [-0.05, 0) is 30.5 Å². The van der Waals surface area contributed by atoms with Crippen molar-refractivity contribution in [1.29, 1.82) is 0 Å². The smallest absolute Gasteiger partial charge is 0.326 e. The maximum atomic E-state index is 13.4. The molecule has 4 atom stereocenters. The molecule has 0 bridgehead atoms. The molecule has 1 saturated heterocycles. The van der Waals surface area contributed by atoms with Gasteiger partial charge < -0.3 is 36.5 Å². The number of amides is 3. The number of carbonyl (C=O) groups is 4. The summed E-state index contributed by atoms with van der Waals surface area (Å²) in [5.74, 6) is -2.77. The first-order valence-electron chi connectivity index (χ1n) is 11.4. The number of nitrogens with one attached hydrogen (secondary N) is 3. The number of aromatic amines is 1. The van der Waals surface area contributed by atoms with E-state index in [9.17, 15) is 29.4 Å². The van der Waals surface area contributed by atoms with Gasteiger partial charge in [0.05, 0.1) is 12.4 Å². The van der Waals surface area contributed by atoms with Crippen molar-refractivity contribution in [2.24, 2.45) is 5.73 Å². The number of aromatic nitrogens is 2. The molecule has 1 aliphatic rings. The predicted molar refractivity (Wildman–Crippen MR) is 132 cm³/mol. The van der Waals surface area contributed by atoms with Crippen molar-refractivity contribution in [3.63, 3.8) is 0 Å². The summed E-state index contributed by atoms with van der Waals surface area (Å²) in [6.45, 7) is 0.260. The van der Waals surface area contributed by atoms with E-state index < -0.39 is 47.9 Å². The fourth-order valence-corrected chi connectivity index (χ4v) is 4.18. The van der Waals surface area contributed by atoms with Crippen LogP contribution in [0.25, 0.3) is 0 Å². The molecule has 1 aliphatic heterocycles. The van der Waals surface area contributed by atoms with Gasteiger partial charge in [-0.2, -0.15) is 12.6 Å². The summed E-state index contributed by atoms with van der Waals surface area (Å²) >= 11 is 4.02. The van der Waals surface area contributed by atoms with E-state index >= 15 is 0 Å². The molecule has 7 N–H and O–H groups in total. The van der Waals surface area contributed by atoms with E-state index in [1.165, 1.54) is 29.6 Å². The second-order valence-electron chi connectivity index (χ2n) is 8.59. The minimum absolute atomic E-state index is 0.0451. The van der Waals surface area contributed by atoms with E-state index in [2.05, 4.69) is 33.2 Å². The lowest BCUT2D eigenvalue weighted by Crippen LogP contribution is -2.58. The number of phenolic OH excluding ortho intramolecular Hbond substituents is 1. The third kappa shape index (κ3) is 6.98. The highest BCUT2D eigenvalue weighted by Gasteiger charge is 2.38. The Morgan fingerprint density at radius 3 is 2.44 bits per heavy atom. The number of nitrogens with two attached hydrogens (primary N) is 1. The monoisotopic (exact) mass is 518 g/mol. The highest BCUT2D eigenvalue weighted by atomic mass is 32.1. The minimum Gasteiger partial charge on any atom is -0.508 e. The Kier molecular flexibility index (Phi) is 9.31. The van der Waals surface area contributed by atoms with E-state index in [1.54, 1.807) is 12.1 Å². The average Bonchev–Trinajstić information content (AvgIpc) is 3.55. The summed E-state index contributed by atoms with van der Waals surface area (Å²) in [6, 6.07) is 2.00. The van der Waals surface area contributed by atoms with Gasteiger partial charge in [0.15, 0.2) is 0 Å². The van der Waals surface area contributed by atoms with Crippen molar-refractivity contribution in [1.82, 2.24) is 25.5 Å². The molecule has 0 saturated carbocycles. The summed E-state index contributed by atoms with van der Waals surface area (Å²) < 4.78 is 0. The van der Waals surface area contributed by atoms with Gasteiger partial charge in [0, 0.05) is 37.0 Å². The summed E-state index contributed by atoms with van der Waals surface area (Å²) in [4.78, 5) is 59.0. The second kappa shape index (κ2) is 12.4. The molecule has 12 nitrogen and oxygen atoms in total. The van der Waals surface area contributed by atoms with Crippen LogP contribution in [0.1, 0.15) is 24.1 Å². The van der Waals surface area contributed by atoms with E-state index in [4.69, 9.17) is 5.73 Å². The number of hydrogen-bond donors (Lipinski definition) is 7. The van der Waals surface area contributed by atoms with Gasteiger partial charge in [0.1, 0.15) is 23.9 Å². The van der Waals surface area contributed by atoms with Crippen LogP contribution in [0.3, 0.4) is 0 Å². The highest BCUT2D eigenvalue weighted by molar-refractivity contribution is 7.80. The molecular formula is C23H30N6O6S. The minimum atomic E-state index is -1.11. The number of phenols is 1. The molecule has 0 aliphatic carbocycles. The number of likely N-dealkylation sites (tertiary alicyclic amines) is 1. The van der Waals surface area contributed by atoms with Crippen LogP contribution in [0, 0.1) is 0 Å². The molecule has 0 spiro atoms. The van der Waals surface area contributed by atoms with E-state index in [0.29, 0.717) is 24.1 Å². The number of benzene rings is 1. The first-order chi connectivity index (χ1) is 17.2. The highest BCUT2D eigenvalue weighted by Crippen LogP contribution is 2.20. The van der Waals surface area contributed by atoms with Crippen molar-refractivity contribution in [2.45, 2.75) is 49.9 Å². The van der Waals surface area contributed by atoms with Crippen molar-refractivity contribution < 1.29 is 29.4 Å². The molecule has 1 fully saturated rings. The largest absolute Gasteiger partial charge is 0.508 e. The molecule has 1 aromatic heterocycles. The zero-order chi connectivity index (χ0) is 26.2. The van der Waals surface area contributed by atoms with Gasteiger partial charge in [0.2, 0.25) is 17.7 Å². The van der Waals surface area contributed by atoms with Crippen LogP contribution in [0.2, 0.25) is 0 Å². The van der Waals surface area contributed by atoms with Gasteiger partial charge >= 0.3 is 5.97 Å². The van der Waals surface area contributed by atoms with Gasteiger partial charge in [-0.25, -0.2) is 9.78 Å². The van der Waals surface area contributed by atoms with Crippen LogP contribution in [-0.4, -0.2) is 85.2 Å². The molecule has 3 rings (SSSR count). The van der Waals surface area contributed by atoms with Crippen LogP contribution in [-0.2, 0) is 32.0 Å². The Morgan fingerprint density at radius 2 is 1.83 bits per heavy atom. The quantitative estimate of drug-likeness (QED) is 0.188. The lowest BCUT2D eigenvalue weighted by atomic mass is 10.0. The predicted octanol–water partition coefficient (Wildman–Crippen LogP) is -0.797. The Bertz CT molecular complexity index is 1060. The van der Waals surface area contributed by atoms with Crippen LogP contribution < -0.4 is 16.4 Å². The van der Waals surface area contributed by atoms with Gasteiger partial charge in [0.25, 0.3) is 0 Å². The number of nitrogens with zero attached hydrogens (tertiary/aromatic N) is 2. The third-order valence-electron chi connectivity index (χ3n) is 5.96. The number of carbonyl (C=O) groups excluding carboxylic acids is 3. The first-order valence-corrected chi connectivity index (χ1v) is 12.1. The Labute approximate surface area is 213 Å². The molecule has 2 heterocycles. The van der Waals surface area contributed by atoms with E-state index in [0.717, 1.165) is 0 Å². The number of aromatic hydroxyl groups is 1. The third-order valence-corrected chi connectivity index (χ3v) is 6.35. The van der Waals surface area contributed by atoms with Crippen LogP contribution >= 0.6 is 12.6 Å². The van der Waals surface area contributed by atoms with Crippen LogP contribution in [0.5, 0.6) is 5.75 Å². The van der Waals surface area contributed by atoms with Crippen molar-refractivity contribution >= 4 is 36.3 Å². The molecular weight excluding hydrogens is 488 g/mol. The lowest BCUT2D eigenvalue weighted by molar-refractivity contribution is -0.149. The molecule has 3 amide bonds. The maximum absolute atomic E-state index is 13.4. The van der Waals surface area contributed by atoms with Crippen molar-refractivity contribution in [3.8, 4) is 5.75 Å². The Balaban J connectivity index is 1.83. The first kappa shape index (κ1) is 27.0. The second-order valence-corrected chi connectivity index (χ2v) is 8.96. The number of thiol groups is 1. The molecule has 194 valence electrons. The number of carboxylic acid groups (broad SMARTS) is 1. The summed E-state index contributed by atoms with van der Waals surface area (Å²) in [6.07, 6.45) is 3.91. The SMILES string of the molecule is NC(CS)C(=O)NC(Cc1ccc(O)cc1)C(=O)NC(Cc1cnc[nH]1)C(=O)N1CCCC1C(=O)O. The zero-order valence-electron chi connectivity index (χ0n) is 19.5. The Morgan fingerprint density at radius 1 is 1.14 bits per heavy atom. The van der Waals surface area contributed by atoms with E-state index in [1.807, 2.05) is 0 Å². The van der Waals surface area contributed by atoms with E-state index in [-0.39, 0.29) is 30.9 Å². The molecule has 4 unspecified atom stereocenters. The molecule has 36 heavy (non-hydrogen) atoms. The Hall–Kier alpha value is -3.58. The lowest BCUT2D eigenvalue weighted by Gasteiger charge is -2.29. The van der Waals surface area contributed by atoms with Gasteiger partial charge in [-0.3, -0.25) is 14.4 Å². The van der Waals surface area contributed by atoms with Crippen molar-refractivity contribution in [2.75, 3.05) is 12.3 Å². The van der Waals surface area contributed by atoms with Crippen LogP contribution in [0.4, 0.5) is 0 Å². The number of hydrogen-bond acceptors (Lipinski definition) is 8. The fraction of sp³-hybridized carbons (Fsp3) is 0.435. The molecule has 13 heteroatoms. The summed E-state index contributed by atoms with van der Waals surface area (Å²) in [5.41, 5.74) is 6.98. The molecule has 1 aromatic carbocycles. The number of rotatable bonds is 11. The van der Waals surface area contributed by atoms with Crippen LogP contribution in [0.15, 0.2) is 36.8 Å². The molecule has 0 radical (unpaired) electrons. The summed E-state index contributed by atoms with van der Waals surface area (Å²) in [5, 5.41) is 24.4.